The second kappa shape index (κ2) is 5.33. The van der Waals surface area contributed by atoms with Crippen molar-refractivity contribution >= 4 is 38.8 Å². The Morgan fingerprint density at radius 3 is 2.59 bits per heavy atom. The van der Waals surface area contributed by atoms with E-state index in [4.69, 9.17) is 18.0 Å². The van der Waals surface area contributed by atoms with Crippen LogP contribution in [0.25, 0.3) is 0 Å². The summed E-state index contributed by atoms with van der Waals surface area (Å²) in [6.07, 6.45) is 1.51. The van der Waals surface area contributed by atoms with E-state index in [0.29, 0.717) is 4.99 Å². The molecule has 0 aromatic heterocycles. The van der Waals surface area contributed by atoms with Gasteiger partial charge < -0.3 is 15.7 Å². The molecule has 0 amide bonds. The first-order valence-electron chi connectivity index (χ1n) is 5.60. The molecule has 0 aliphatic carbocycles. The Kier molecular flexibility index (Phi) is 4.01. The van der Waals surface area contributed by atoms with E-state index in [1.165, 1.54) is 0 Å². The van der Waals surface area contributed by atoms with Gasteiger partial charge >= 0.3 is 0 Å². The molecule has 1 saturated heterocycles. The number of nitrogens with zero attached hydrogens (tertiary/aromatic N) is 1. The van der Waals surface area contributed by atoms with Crippen LogP contribution in [0.4, 0.5) is 5.69 Å². The van der Waals surface area contributed by atoms with Crippen molar-refractivity contribution in [1.29, 1.82) is 0 Å². The van der Waals surface area contributed by atoms with Crippen LogP contribution in [0.15, 0.2) is 22.7 Å². The van der Waals surface area contributed by atoms with Gasteiger partial charge in [-0.3, -0.25) is 0 Å². The van der Waals surface area contributed by atoms with Gasteiger partial charge in [0.25, 0.3) is 0 Å². The molecule has 5 heteroatoms. The fourth-order valence-corrected chi connectivity index (χ4v) is 2.91. The lowest BCUT2D eigenvalue weighted by Crippen LogP contribution is -2.35. The van der Waals surface area contributed by atoms with E-state index in [1.807, 2.05) is 18.2 Å². The maximum absolute atomic E-state index is 9.48. The molecule has 0 bridgehead atoms. The standard InChI is InChI=1S/C12H15BrN2OS/c13-11-7-8(1-2-10(11)12(14)17)15-5-3-9(16)4-6-15/h1-2,7,9,16H,3-6H2,(H2,14,17). The van der Waals surface area contributed by atoms with Crippen LogP contribution < -0.4 is 10.6 Å². The van der Waals surface area contributed by atoms with Crippen LogP contribution in [0.1, 0.15) is 18.4 Å². The molecule has 3 nitrogen and oxygen atoms in total. The van der Waals surface area contributed by atoms with Gasteiger partial charge in [-0.25, -0.2) is 0 Å². The Morgan fingerprint density at radius 1 is 1.41 bits per heavy atom. The normalized spacial score (nSPS) is 17.2. The van der Waals surface area contributed by atoms with E-state index in [0.717, 1.165) is 41.7 Å². The third-order valence-corrected chi connectivity index (χ3v) is 3.92. The van der Waals surface area contributed by atoms with E-state index in [2.05, 4.69) is 20.8 Å². The summed E-state index contributed by atoms with van der Waals surface area (Å²) in [7, 11) is 0. The molecule has 1 fully saturated rings. The Hall–Kier alpha value is -0.650. The third kappa shape index (κ3) is 2.97. The molecule has 17 heavy (non-hydrogen) atoms. The molecular formula is C12H15BrN2OS. The number of thiocarbonyl (C=S) groups is 1. The number of benzene rings is 1. The van der Waals surface area contributed by atoms with Crippen LogP contribution in [0.3, 0.4) is 0 Å². The van der Waals surface area contributed by atoms with Crippen molar-refractivity contribution in [3.05, 3.63) is 28.2 Å². The second-order valence-corrected chi connectivity index (χ2v) is 5.54. The highest BCUT2D eigenvalue weighted by atomic mass is 79.9. The third-order valence-electron chi connectivity index (χ3n) is 3.05. The minimum atomic E-state index is -0.148. The average Bonchev–Trinajstić information content (AvgIpc) is 2.29. The summed E-state index contributed by atoms with van der Waals surface area (Å²) in [5, 5.41) is 9.48. The van der Waals surface area contributed by atoms with Crippen LogP contribution in [0.5, 0.6) is 0 Å². The lowest BCUT2D eigenvalue weighted by molar-refractivity contribution is 0.145. The molecule has 2 rings (SSSR count). The molecule has 1 aliphatic rings. The maximum atomic E-state index is 9.48. The number of anilines is 1. The van der Waals surface area contributed by atoms with Crippen molar-refractivity contribution < 1.29 is 5.11 Å². The molecule has 0 radical (unpaired) electrons. The predicted molar refractivity (Wildman–Crippen MR) is 77.5 cm³/mol. The van der Waals surface area contributed by atoms with Crippen LogP contribution in [0.2, 0.25) is 0 Å². The zero-order valence-electron chi connectivity index (χ0n) is 9.40. The van der Waals surface area contributed by atoms with Crippen LogP contribution in [0, 0.1) is 0 Å². The number of aliphatic hydroxyl groups is 1. The summed E-state index contributed by atoms with van der Waals surface area (Å²) in [5.74, 6) is 0. The SMILES string of the molecule is NC(=S)c1ccc(N2CCC(O)CC2)cc1Br. The fourth-order valence-electron chi connectivity index (χ4n) is 2.02. The Balaban J connectivity index is 2.17. The van der Waals surface area contributed by atoms with Crippen molar-refractivity contribution in [1.82, 2.24) is 0 Å². The van der Waals surface area contributed by atoms with Crippen molar-refractivity contribution in [3.8, 4) is 0 Å². The number of aliphatic hydroxyl groups excluding tert-OH is 1. The van der Waals surface area contributed by atoms with Gasteiger partial charge in [0.1, 0.15) is 4.99 Å². The highest BCUT2D eigenvalue weighted by Crippen LogP contribution is 2.26. The number of hydrogen-bond donors (Lipinski definition) is 2. The molecule has 92 valence electrons. The number of halogens is 1. The first-order valence-corrected chi connectivity index (χ1v) is 6.80. The highest BCUT2D eigenvalue weighted by molar-refractivity contribution is 9.10. The van der Waals surface area contributed by atoms with Gasteiger partial charge in [0.15, 0.2) is 0 Å². The van der Waals surface area contributed by atoms with Crippen LogP contribution in [-0.2, 0) is 0 Å². The number of nitrogens with two attached hydrogens (primary N) is 1. The molecule has 3 N–H and O–H groups in total. The maximum Gasteiger partial charge on any atom is 0.105 e. The van der Waals surface area contributed by atoms with Gasteiger partial charge in [-0.2, -0.15) is 0 Å². The largest absolute Gasteiger partial charge is 0.393 e. The smallest absolute Gasteiger partial charge is 0.105 e. The van der Waals surface area contributed by atoms with Gasteiger partial charge in [0.2, 0.25) is 0 Å². The zero-order chi connectivity index (χ0) is 12.4. The second-order valence-electron chi connectivity index (χ2n) is 4.25. The van der Waals surface area contributed by atoms with Crippen LogP contribution >= 0.6 is 28.1 Å². The van der Waals surface area contributed by atoms with E-state index in [9.17, 15) is 5.11 Å². The first-order chi connectivity index (χ1) is 8.08. The molecule has 1 aromatic rings. The summed E-state index contributed by atoms with van der Waals surface area (Å²) >= 11 is 8.45. The van der Waals surface area contributed by atoms with Gasteiger partial charge in [-0.05, 0) is 47.0 Å². The summed E-state index contributed by atoms with van der Waals surface area (Å²) < 4.78 is 0.925. The topological polar surface area (TPSA) is 49.5 Å². The monoisotopic (exact) mass is 314 g/mol. The minimum Gasteiger partial charge on any atom is -0.393 e. The van der Waals surface area contributed by atoms with E-state index in [1.54, 1.807) is 0 Å². The summed E-state index contributed by atoms with van der Waals surface area (Å²) in [6.45, 7) is 1.78. The quantitative estimate of drug-likeness (QED) is 0.820. The molecule has 1 aliphatic heterocycles. The Labute approximate surface area is 115 Å². The Bertz CT molecular complexity index is 431. The Morgan fingerprint density at radius 2 is 2.06 bits per heavy atom. The average molecular weight is 315 g/mol. The zero-order valence-corrected chi connectivity index (χ0v) is 11.8. The predicted octanol–water partition coefficient (Wildman–Crippen LogP) is 2.04. The van der Waals surface area contributed by atoms with Gasteiger partial charge in [-0.15, -0.1) is 0 Å². The van der Waals surface area contributed by atoms with Gasteiger partial charge in [0, 0.05) is 28.8 Å². The van der Waals surface area contributed by atoms with Crippen LogP contribution in [-0.4, -0.2) is 29.3 Å². The molecule has 0 unspecified atom stereocenters. The lowest BCUT2D eigenvalue weighted by Gasteiger charge is -2.31. The first kappa shape index (κ1) is 12.8. The molecule has 0 atom stereocenters. The fraction of sp³-hybridized carbons (Fsp3) is 0.417. The van der Waals surface area contributed by atoms with E-state index < -0.39 is 0 Å². The van der Waals surface area contributed by atoms with Crippen molar-refractivity contribution in [2.24, 2.45) is 5.73 Å². The molecule has 1 heterocycles. The summed E-state index contributed by atoms with van der Waals surface area (Å²) in [5.41, 5.74) is 7.62. The van der Waals surface area contributed by atoms with Gasteiger partial charge in [0.05, 0.1) is 6.10 Å². The molecule has 0 saturated carbocycles. The molecule has 1 aromatic carbocycles. The number of piperidine rings is 1. The summed E-state index contributed by atoms with van der Waals surface area (Å²) in [6, 6.07) is 6.00. The molecule has 0 spiro atoms. The number of rotatable bonds is 2. The van der Waals surface area contributed by atoms with Crippen molar-refractivity contribution in [2.45, 2.75) is 18.9 Å². The van der Waals surface area contributed by atoms with Crippen molar-refractivity contribution in [3.63, 3.8) is 0 Å². The lowest BCUT2D eigenvalue weighted by atomic mass is 10.1. The van der Waals surface area contributed by atoms with Crippen molar-refractivity contribution in [2.75, 3.05) is 18.0 Å². The minimum absolute atomic E-state index is 0.148. The highest BCUT2D eigenvalue weighted by Gasteiger charge is 2.17. The summed E-state index contributed by atoms with van der Waals surface area (Å²) in [4.78, 5) is 2.67. The number of hydrogen-bond acceptors (Lipinski definition) is 3. The molecular weight excluding hydrogens is 300 g/mol. The van der Waals surface area contributed by atoms with E-state index in [-0.39, 0.29) is 6.10 Å². The van der Waals surface area contributed by atoms with Gasteiger partial charge in [-0.1, -0.05) is 12.2 Å². The van der Waals surface area contributed by atoms with E-state index >= 15 is 0 Å².